The fourth-order valence-electron chi connectivity index (χ4n) is 3.87. The van der Waals surface area contributed by atoms with Crippen molar-refractivity contribution in [3.05, 3.63) is 64.8 Å². The third-order valence-electron chi connectivity index (χ3n) is 5.36. The smallest absolute Gasteiger partial charge is 0.269 e. The summed E-state index contributed by atoms with van der Waals surface area (Å²) >= 11 is 3.34. The molecule has 148 valence electrons. The van der Waals surface area contributed by atoms with Crippen LogP contribution in [-0.2, 0) is 10.0 Å². The summed E-state index contributed by atoms with van der Waals surface area (Å²) in [4.78, 5) is 2.55. The molecule has 2 aromatic carbocycles. The van der Waals surface area contributed by atoms with E-state index in [0.29, 0.717) is 22.0 Å². The number of hydrogen-bond acceptors (Lipinski definition) is 4. The van der Waals surface area contributed by atoms with Gasteiger partial charge in [-0.25, -0.2) is 12.4 Å². The van der Waals surface area contributed by atoms with Crippen molar-refractivity contribution in [1.29, 1.82) is 0 Å². The first kappa shape index (κ1) is 19.6. The monoisotopic (exact) mass is 462 g/mol. The maximum Gasteiger partial charge on any atom is 0.269 e. The zero-order valence-electron chi connectivity index (χ0n) is 15.5. The van der Waals surface area contributed by atoms with Crippen molar-refractivity contribution in [2.24, 2.45) is 0 Å². The van der Waals surface area contributed by atoms with Crippen LogP contribution >= 0.6 is 15.9 Å². The van der Waals surface area contributed by atoms with Gasteiger partial charge in [-0.2, -0.15) is 0 Å². The molecule has 1 aromatic heterocycles. The SMILES string of the molecule is O=S(=O)(c1ccccc1Br)n1cc(C(O)CCN2CCCC2)c2ccccc21. The number of halogens is 1. The average Bonchev–Trinajstić information content (AvgIpc) is 3.34. The van der Waals surface area contributed by atoms with Gasteiger partial charge in [-0.1, -0.05) is 30.3 Å². The fraction of sp³-hybridized carbons (Fsp3) is 0.333. The van der Waals surface area contributed by atoms with E-state index < -0.39 is 16.1 Å². The summed E-state index contributed by atoms with van der Waals surface area (Å²) in [5.74, 6) is 0. The molecule has 1 unspecified atom stereocenters. The molecule has 0 spiro atoms. The molecular weight excluding hydrogens is 440 g/mol. The van der Waals surface area contributed by atoms with E-state index in [9.17, 15) is 13.5 Å². The Hall–Kier alpha value is -1.67. The van der Waals surface area contributed by atoms with Gasteiger partial charge in [-0.05, 0) is 66.5 Å². The lowest BCUT2D eigenvalue weighted by atomic mass is 10.1. The number of hydrogen-bond donors (Lipinski definition) is 1. The van der Waals surface area contributed by atoms with Gasteiger partial charge >= 0.3 is 0 Å². The number of nitrogens with zero attached hydrogens (tertiary/aromatic N) is 2. The van der Waals surface area contributed by atoms with E-state index in [-0.39, 0.29) is 4.90 Å². The Morgan fingerprint density at radius 1 is 1.04 bits per heavy atom. The second-order valence-corrected chi connectivity index (χ2v) is 9.82. The molecule has 0 bridgehead atoms. The predicted molar refractivity (Wildman–Crippen MR) is 114 cm³/mol. The highest BCUT2D eigenvalue weighted by Crippen LogP contribution is 2.33. The summed E-state index contributed by atoms with van der Waals surface area (Å²) in [7, 11) is -3.79. The third kappa shape index (κ3) is 3.64. The van der Waals surface area contributed by atoms with E-state index >= 15 is 0 Å². The van der Waals surface area contributed by atoms with E-state index in [2.05, 4.69) is 20.8 Å². The molecule has 5 nitrogen and oxygen atoms in total. The quantitative estimate of drug-likeness (QED) is 0.597. The van der Waals surface area contributed by atoms with E-state index in [0.717, 1.165) is 25.0 Å². The molecule has 1 aliphatic heterocycles. The Kier molecular flexibility index (Phi) is 5.60. The maximum atomic E-state index is 13.3. The van der Waals surface area contributed by atoms with Gasteiger partial charge in [0.15, 0.2) is 0 Å². The van der Waals surface area contributed by atoms with Crippen molar-refractivity contribution in [3.63, 3.8) is 0 Å². The molecule has 0 aliphatic carbocycles. The molecule has 1 aliphatic rings. The normalized spacial score (nSPS) is 16.6. The minimum Gasteiger partial charge on any atom is -0.388 e. The highest BCUT2D eigenvalue weighted by Gasteiger charge is 2.25. The molecule has 3 aromatic rings. The lowest BCUT2D eigenvalue weighted by Crippen LogP contribution is -2.22. The van der Waals surface area contributed by atoms with Gasteiger partial charge in [-0.15, -0.1) is 0 Å². The Morgan fingerprint density at radius 2 is 1.71 bits per heavy atom. The summed E-state index contributed by atoms with van der Waals surface area (Å²) in [6.45, 7) is 2.97. The van der Waals surface area contributed by atoms with Crippen molar-refractivity contribution in [1.82, 2.24) is 8.87 Å². The molecule has 1 saturated heterocycles. The minimum atomic E-state index is -3.79. The molecule has 4 rings (SSSR count). The zero-order valence-corrected chi connectivity index (χ0v) is 17.9. The Labute approximate surface area is 173 Å². The van der Waals surface area contributed by atoms with Crippen LogP contribution in [0.4, 0.5) is 0 Å². The van der Waals surface area contributed by atoms with Crippen LogP contribution in [0, 0.1) is 0 Å². The fourth-order valence-corrected chi connectivity index (χ4v) is 6.21. The van der Waals surface area contributed by atoms with Crippen LogP contribution in [-0.4, -0.2) is 42.0 Å². The van der Waals surface area contributed by atoms with Gasteiger partial charge in [-0.3, -0.25) is 0 Å². The zero-order chi connectivity index (χ0) is 19.7. The van der Waals surface area contributed by atoms with Crippen molar-refractivity contribution in [2.75, 3.05) is 19.6 Å². The number of para-hydroxylation sites is 1. The number of benzene rings is 2. The lowest BCUT2D eigenvalue weighted by Gasteiger charge is -2.17. The largest absolute Gasteiger partial charge is 0.388 e. The third-order valence-corrected chi connectivity index (χ3v) is 8.04. The molecule has 0 saturated carbocycles. The standard InChI is InChI=1S/C21H23BrN2O3S/c22-18-8-2-4-10-21(18)28(26,27)24-15-17(16-7-1-3-9-19(16)24)20(25)11-14-23-12-5-6-13-23/h1-4,7-10,15,20,25H,5-6,11-14H2. The first-order valence-corrected chi connectivity index (χ1v) is 11.7. The minimum absolute atomic E-state index is 0.203. The second kappa shape index (κ2) is 7.99. The summed E-state index contributed by atoms with van der Waals surface area (Å²) in [6.07, 6.45) is 3.87. The lowest BCUT2D eigenvalue weighted by molar-refractivity contribution is 0.150. The average molecular weight is 463 g/mol. The number of likely N-dealkylation sites (tertiary alicyclic amines) is 1. The molecule has 0 radical (unpaired) electrons. The van der Waals surface area contributed by atoms with Crippen LogP contribution in [0.15, 0.2) is 64.1 Å². The number of fused-ring (bicyclic) bond motifs is 1. The Balaban J connectivity index is 1.73. The van der Waals surface area contributed by atoms with E-state index in [1.807, 2.05) is 18.2 Å². The van der Waals surface area contributed by atoms with Crippen LogP contribution in [0.25, 0.3) is 10.9 Å². The molecule has 28 heavy (non-hydrogen) atoms. The number of aliphatic hydroxyl groups is 1. The molecule has 7 heteroatoms. The van der Waals surface area contributed by atoms with Crippen LogP contribution in [0.2, 0.25) is 0 Å². The molecule has 0 amide bonds. The Bertz CT molecular complexity index is 1090. The van der Waals surface area contributed by atoms with E-state index in [1.54, 1.807) is 36.5 Å². The molecule has 1 fully saturated rings. The summed E-state index contributed by atoms with van der Waals surface area (Å²) in [5, 5.41) is 11.6. The summed E-state index contributed by atoms with van der Waals surface area (Å²) in [5.41, 5.74) is 1.24. The van der Waals surface area contributed by atoms with Gasteiger partial charge in [0, 0.05) is 28.2 Å². The van der Waals surface area contributed by atoms with Crippen molar-refractivity contribution >= 4 is 36.9 Å². The summed E-state index contributed by atoms with van der Waals surface area (Å²) < 4.78 is 28.4. The Morgan fingerprint density at radius 3 is 2.46 bits per heavy atom. The molecular formula is C21H23BrN2O3S. The van der Waals surface area contributed by atoms with Crippen LogP contribution in [0.1, 0.15) is 30.9 Å². The summed E-state index contributed by atoms with van der Waals surface area (Å²) in [6, 6.07) is 14.1. The number of aromatic nitrogens is 1. The maximum absolute atomic E-state index is 13.3. The number of aliphatic hydroxyl groups excluding tert-OH is 1. The van der Waals surface area contributed by atoms with Crippen LogP contribution < -0.4 is 0 Å². The van der Waals surface area contributed by atoms with E-state index in [1.165, 1.54) is 16.8 Å². The second-order valence-electron chi connectivity index (χ2n) is 7.19. The van der Waals surface area contributed by atoms with Crippen molar-refractivity contribution in [2.45, 2.75) is 30.3 Å². The van der Waals surface area contributed by atoms with Crippen molar-refractivity contribution < 1.29 is 13.5 Å². The van der Waals surface area contributed by atoms with Gasteiger partial charge in [0.2, 0.25) is 0 Å². The van der Waals surface area contributed by atoms with Gasteiger partial charge in [0.25, 0.3) is 10.0 Å². The number of rotatable bonds is 6. The molecule has 2 heterocycles. The highest BCUT2D eigenvalue weighted by molar-refractivity contribution is 9.10. The topological polar surface area (TPSA) is 62.5 Å². The van der Waals surface area contributed by atoms with Gasteiger partial charge in [0.1, 0.15) is 4.90 Å². The van der Waals surface area contributed by atoms with Gasteiger partial charge in [0.05, 0.1) is 11.6 Å². The van der Waals surface area contributed by atoms with E-state index in [4.69, 9.17) is 0 Å². The highest BCUT2D eigenvalue weighted by atomic mass is 79.9. The predicted octanol–water partition coefficient (Wildman–Crippen LogP) is 4.16. The van der Waals surface area contributed by atoms with Crippen LogP contribution in [0.5, 0.6) is 0 Å². The first-order chi connectivity index (χ1) is 13.5. The van der Waals surface area contributed by atoms with Crippen LogP contribution in [0.3, 0.4) is 0 Å². The van der Waals surface area contributed by atoms with Gasteiger partial charge < -0.3 is 10.0 Å². The molecule has 1 N–H and O–H groups in total. The first-order valence-electron chi connectivity index (χ1n) is 9.49. The van der Waals surface area contributed by atoms with Crippen molar-refractivity contribution in [3.8, 4) is 0 Å². The molecule has 1 atom stereocenters.